The quantitative estimate of drug-likeness (QED) is 0.551. The van der Waals surface area contributed by atoms with Gasteiger partial charge in [0.1, 0.15) is 0 Å². The van der Waals surface area contributed by atoms with Crippen LogP contribution in [0.1, 0.15) is 24.6 Å². The Hall–Kier alpha value is -1.16. The number of carbonyl (C=O) groups is 2. The van der Waals surface area contributed by atoms with E-state index in [2.05, 4.69) is 4.74 Å². The van der Waals surface area contributed by atoms with Crippen molar-refractivity contribution in [3.05, 3.63) is 22.4 Å². The average molecular weight is 226 g/mol. The Morgan fingerprint density at radius 2 is 2.27 bits per heavy atom. The number of Topliss-reactive ketones (excluding diaryl/α,β-unsaturated/α-hetero) is 1. The maximum absolute atomic E-state index is 11.2. The summed E-state index contributed by atoms with van der Waals surface area (Å²) in [6.45, 7) is 1.95. The van der Waals surface area contributed by atoms with Crippen LogP contribution < -0.4 is 0 Å². The number of thiophene rings is 1. The molecule has 0 atom stereocenters. The number of hydrogen-bond acceptors (Lipinski definition) is 4. The first-order valence-corrected chi connectivity index (χ1v) is 5.84. The van der Waals surface area contributed by atoms with Gasteiger partial charge in [-0.2, -0.15) is 0 Å². The third-order valence-electron chi connectivity index (χ3n) is 1.91. The first-order valence-electron chi connectivity index (χ1n) is 4.96. The summed E-state index contributed by atoms with van der Waals surface area (Å²) in [5, 5.41) is 2.00. The molecule has 0 radical (unpaired) electrons. The third kappa shape index (κ3) is 4.25. The van der Waals surface area contributed by atoms with Crippen molar-refractivity contribution in [2.75, 3.05) is 6.61 Å². The molecule has 0 aliphatic rings. The second-order valence-electron chi connectivity index (χ2n) is 3.08. The van der Waals surface area contributed by atoms with Crippen LogP contribution in [0.4, 0.5) is 0 Å². The molecule has 1 aromatic heterocycles. The third-order valence-corrected chi connectivity index (χ3v) is 2.85. The van der Waals surface area contributed by atoms with Crippen molar-refractivity contribution in [2.24, 2.45) is 0 Å². The highest BCUT2D eigenvalue weighted by Crippen LogP contribution is 2.12. The first kappa shape index (κ1) is 11.9. The summed E-state index contributed by atoms with van der Waals surface area (Å²) in [6, 6.07) is 4.01. The molecule has 0 fully saturated rings. The van der Waals surface area contributed by atoms with Crippen LogP contribution in [-0.4, -0.2) is 18.4 Å². The summed E-state index contributed by atoms with van der Waals surface area (Å²) in [4.78, 5) is 23.4. The molecule has 0 saturated heterocycles. The molecule has 0 spiro atoms. The van der Waals surface area contributed by atoms with Crippen molar-refractivity contribution in [1.82, 2.24) is 0 Å². The van der Waals surface area contributed by atoms with Gasteiger partial charge in [-0.3, -0.25) is 4.79 Å². The lowest BCUT2D eigenvalue weighted by molar-refractivity contribution is -0.153. The molecule has 0 N–H and O–H groups in total. The molecule has 4 heteroatoms. The van der Waals surface area contributed by atoms with Gasteiger partial charge < -0.3 is 4.74 Å². The molecule has 0 aliphatic carbocycles. The zero-order valence-electron chi connectivity index (χ0n) is 8.69. The lowest BCUT2D eigenvalue weighted by Gasteiger charge is -2.00. The number of rotatable bonds is 6. The van der Waals surface area contributed by atoms with Crippen molar-refractivity contribution in [3.63, 3.8) is 0 Å². The fraction of sp³-hybridized carbons (Fsp3) is 0.455. The summed E-state index contributed by atoms with van der Waals surface area (Å²) in [6.07, 6.45) is 1.83. The summed E-state index contributed by atoms with van der Waals surface area (Å²) in [5.74, 6) is -1.13. The van der Waals surface area contributed by atoms with Crippen LogP contribution >= 0.6 is 11.3 Å². The van der Waals surface area contributed by atoms with E-state index in [1.807, 2.05) is 17.5 Å². The van der Waals surface area contributed by atoms with Gasteiger partial charge in [0, 0.05) is 11.3 Å². The van der Waals surface area contributed by atoms with Crippen LogP contribution in [0.25, 0.3) is 0 Å². The van der Waals surface area contributed by atoms with E-state index in [-0.39, 0.29) is 13.0 Å². The van der Waals surface area contributed by atoms with Gasteiger partial charge in [-0.1, -0.05) is 6.07 Å². The van der Waals surface area contributed by atoms with E-state index in [0.717, 1.165) is 6.42 Å². The Balaban J connectivity index is 2.20. The van der Waals surface area contributed by atoms with Gasteiger partial charge in [-0.25, -0.2) is 4.79 Å². The number of aryl methyl sites for hydroxylation is 1. The van der Waals surface area contributed by atoms with Gasteiger partial charge in [0.2, 0.25) is 5.78 Å². The predicted molar refractivity (Wildman–Crippen MR) is 58.9 cm³/mol. The molecular formula is C11H14O3S. The molecule has 0 bridgehead atoms. The number of esters is 1. The summed E-state index contributed by atoms with van der Waals surface area (Å²) < 4.78 is 4.61. The highest BCUT2D eigenvalue weighted by molar-refractivity contribution is 7.09. The van der Waals surface area contributed by atoms with Gasteiger partial charge >= 0.3 is 5.97 Å². The monoisotopic (exact) mass is 226 g/mol. The maximum atomic E-state index is 11.2. The van der Waals surface area contributed by atoms with Gasteiger partial charge in [-0.15, -0.1) is 11.3 Å². The minimum Gasteiger partial charge on any atom is -0.460 e. The van der Waals surface area contributed by atoms with E-state index in [0.29, 0.717) is 6.42 Å². The molecule has 0 aromatic carbocycles. The van der Waals surface area contributed by atoms with E-state index in [9.17, 15) is 9.59 Å². The Morgan fingerprint density at radius 1 is 1.47 bits per heavy atom. The molecule has 1 aromatic rings. The van der Waals surface area contributed by atoms with Crippen LogP contribution in [0.2, 0.25) is 0 Å². The smallest absolute Gasteiger partial charge is 0.374 e. The van der Waals surface area contributed by atoms with Crippen molar-refractivity contribution in [3.8, 4) is 0 Å². The molecule has 0 unspecified atom stereocenters. The fourth-order valence-corrected chi connectivity index (χ4v) is 1.94. The minimum absolute atomic E-state index is 0.259. The van der Waals surface area contributed by atoms with E-state index in [1.54, 1.807) is 18.3 Å². The maximum Gasteiger partial charge on any atom is 0.374 e. The highest BCUT2D eigenvalue weighted by atomic mass is 32.1. The van der Waals surface area contributed by atoms with Crippen LogP contribution in [-0.2, 0) is 20.7 Å². The summed E-state index contributed by atoms with van der Waals surface area (Å²) in [7, 11) is 0. The highest BCUT2D eigenvalue weighted by Gasteiger charge is 2.13. The molecule has 1 heterocycles. The van der Waals surface area contributed by atoms with Crippen molar-refractivity contribution in [1.29, 1.82) is 0 Å². The number of carbonyl (C=O) groups excluding carboxylic acids is 2. The summed E-state index contributed by atoms with van der Waals surface area (Å²) in [5.41, 5.74) is 0. The van der Waals surface area contributed by atoms with E-state index < -0.39 is 11.8 Å². The zero-order valence-corrected chi connectivity index (χ0v) is 9.51. The summed E-state index contributed by atoms with van der Waals surface area (Å²) >= 11 is 1.67. The Kier molecular flexibility index (Phi) is 5.04. The number of ether oxygens (including phenoxy) is 1. The van der Waals surface area contributed by atoms with Crippen LogP contribution in [0.3, 0.4) is 0 Å². The Bertz CT molecular complexity index is 317. The van der Waals surface area contributed by atoms with Gasteiger partial charge in [-0.05, 0) is 31.2 Å². The second kappa shape index (κ2) is 6.35. The zero-order chi connectivity index (χ0) is 11.1. The minimum atomic E-state index is -0.705. The van der Waals surface area contributed by atoms with Crippen LogP contribution in [0, 0.1) is 0 Å². The van der Waals surface area contributed by atoms with E-state index in [4.69, 9.17) is 0 Å². The van der Waals surface area contributed by atoms with Gasteiger partial charge in [0.05, 0.1) is 6.61 Å². The molecule has 82 valence electrons. The van der Waals surface area contributed by atoms with Crippen LogP contribution in [0.15, 0.2) is 17.5 Å². The SMILES string of the molecule is CCOC(=O)C(=O)CCCc1cccs1. The van der Waals surface area contributed by atoms with E-state index in [1.165, 1.54) is 4.88 Å². The van der Waals surface area contributed by atoms with Crippen molar-refractivity contribution < 1.29 is 14.3 Å². The largest absolute Gasteiger partial charge is 0.460 e. The van der Waals surface area contributed by atoms with Gasteiger partial charge in [0.25, 0.3) is 0 Å². The standard InChI is InChI=1S/C11H14O3S/c1-2-14-11(13)10(12)7-3-5-9-6-4-8-15-9/h4,6,8H,2-3,5,7H2,1H3. The Morgan fingerprint density at radius 3 is 2.87 bits per heavy atom. The second-order valence-corrected chi connectivity index (χ2v) is 4.11. The molecule has 0 amide bonds. The number of ketones is 1. The molecule has 0 saturated carbocycles. The Labute approximate surface area is 93.1 Å². The average Bonchev–Trinajstić information content (AvgIpc) is 2.71. The topological polar surface area (TPSA) is 43.4 Å². The lowest BCUT2D eigenvalue weighted by Crippen LogP contribution is -2.17. The predicted octanol–water partition coefficient (Wildman–Crippen LogP) is 2.20. The van der Waals surface area contributed by atoms with Crippen molar-refractivity contribution >= 4 is 23.1 Å². The molecular weight excluding hydrogens is 212 g/mol. The molecule has 1 rings (SSSR count). The first-order chi connectivity index (χ1) is 7.24. The van der Waals surface area contributed by atoms with E-state index >= 15 is 0 Å². The van der Waals surface area contributed by atoms with Gasteiger partial charge in [0.15, 0.2) is 0 Å². The lowest BCUT2D eigenvalue weighted by atomic mass is 10.1. The number of hydrogen-bond donors (Lipinski definition) is 0. The molecule has 15 heavy (non-hydrogen) atoms. The molecule has 0 aliphatic heterocycles. The van der Waals surface area contributed by atoms with Crippen LogP contribution in [0.5, 0.6) is 0 Å². The van der Waals surface area contributed by atoms with Crippen molar-refractivity contribution in [2.45, 2.75) is 26.2 Å². The normalized spacial score (nSPS) is 9.93. The fourth-order valence-electron chi connectivity index (χ4n) is 1.19. The molecule has 3 nitrogen and oxygen atoms in total.